The summed E-state index contributed by atoms with van der Waals surface area (Å²) in [6, 6.07) is 9.51. The lowest BCUT2D eigenvalue weighted by atomic mass is 9.87. The fourth-order valence-corrected chi connectivity index (χ4v) is 3.11. The van der Waals surface area contributed by atoms with E-state index >= 15 is 0 Å². The maximum Gasteiger partial charge on any atom is 0.390 e. The maximum atomic E-state index is 12.7. The first-order valence-electron chi connectivity index (χ1n) is 7.34. The number of alkyl halides is 3. The van der Waals surface area contributed by atoms with Crippen LogP contribution in [0.25, 0.3) is 0 Å². The molecule has 1 heterocycles. The first kappa shape index (κ1) is 16.3. The van der Waals surface area contributed by atoms with Crippen LogP contribution in [0.1, 0.15) is 32.8 Å². The van der Waals surface area contributed by atoms with Gasteiger partial charge in [0, 0.05) is 25.2 Å². The van der Waals surface area contributed by atoms with Gasteiger partial charge in [-0.1, -0.05) is 30.3 Å². The third-order valence-electron chi connectivity index (χ3n) is 4.36. The summed E-state index contributed by atoms with van der Waals surface area (Å²) < 4.78 is 38.0. The molecule has 3 atom stereocenters. The number of nitrogens with one attached hydrogen (secondary N) is 1. The minimum atomic E-state index is -4.12. The molecule has 1 aromatic carbocycles. The van der Waals surface area contributed by atoms with Crippen LogP contribution in [0.2, 0.25) is 0 Å². The molecular formula is C16H23F3N2. The Balaban J connectivity index is 2.16. The van der Waals surface area contributed by atoms with E-state index in [1.165, 1.54) is 0 Å². The third kappa shape index (κ3) is 3.98. The normalized spacial score (nSPS) is 29.3. The lowest BCUT2D eigenvalue weighted by molar-refractivity contribution is -0.150. The molecule has 0 aliphatic carbocycles. The van der Waals surface area contributed by atoms with E-state index in [2.05, 4.69) is 12.2 Å². The average Bonchev–Trinajstić information content (AvgIpc) is 2.41. The van der Waals surface area contributed by atoms with Crippen LogP contribution >= 0.6 is 0 Å². The molecule has 0 aromatic heterocycles. The summed E-state index contributed by atoms with van der Waals surface area (Å²) in [5, 5.41) is 3.49. The van der Waals surface area contributed by atoms with Gasteiger partial charge in [0.2, 0.25) is 0 Å². The third-order valence-corrected chi connectivity index (χ3v) is 4.36. The zero-order valence-corrected chi connectivity index (χ0v) is 12.7. The minimum Gasteiger partial charge on any atom is -0.305 e. The number of benzene rings is 1. The Hall–Kier alpha value is -1.07. The van der Waals surface area contributed by atoms with E-state index in [1.807, 2.05) is 42.2 Å². The lowest BCUT2D eigenvalue weighted by Gasteiger charge is -2.48. The number of nitrogens with zero attached hydrogens (tertiary/aromatic N) is 1. The summed E-state index contributed by atoms with van der Waals surface area (Å²) in [5.74, 6) is 0. The van der Waals surface area contributed by atoms with Crippen molar-refractivity contribution in [1.82, 2.24) is 10.2 Å². The van der Waals surface area contributed by atoms with Crippen molar-refractivity contribution in [1.29, 1.82) is 0 Å². The van der Waals surface area contributed by atoms with E-state index in [0.717, 1.165) is 5.56 Å². The van der Waals surface area contributed by atoms with Crippen LogP contribution in [-0.4, -0.2) is 36.2 Å². The van der Waals surface area contributed by atoms with Gasteiger partial charge in [-0.05, 0) is 26.3 Å². The zero-order valence-electron chi connectivity index (χ0n) is 12.7. The Bertz CT molecular complexity index is 460. The summed E-state index contributed by atoms with van der Waals surface area (Å²) in [4.78, 5) is 1.97. The molecule has 0 amide bonds. The molecule has 1 aliphatic rings. The molecule has 0 spiro atoms. The van der Waals surface area contributed by atoms with Gasteiger partial charge >= 0.3 is 6.18 Å². The van der Waals surface area contributed by atoms with Crippen LogP contribution in [-0.2, 0) is 5.54 Å². The van der Waals surface area contributed by atoms with Crippen LogP contribution < -0.4 is 5.32 Å². The second-order valence-corrected chi connectivity index (χ2v) is 6.27. The predicted octanol–water partition coefficient (Wildman–Crippen LogP) is 3.54. The second kappa shape index (κ2) is 5.97. The van der Waals surface area contributed by atoms with Crippen LogP contribution in [0, 0.1) is 0 Å². The van der Waals surface area contributed by atoms with Crippen molar-refractivity contribution in [3.8, 4) is 0 Å². The molecule has 0 radical (unpaired) electrons. The topological polar surface area (TPSA) is 15.3 Å². The van der Waals surface area contributed by atoms with E-state index in [-0.39, 0.29) is 11.6 Å². The highest BCUT2D eigenvalue weighted by Crippen LogP contribution is 2.31. The van der Waals surface area contributed by atoms with Crippen LogP contribution in [0.15, 0.2) is 30.3 Å². The van der Waals surface area contributed by atoms with Crippen molar-refractivity contribution in [2.45, 2.75) is 51.0 Å². The molecule has 1 aliphatic heterocycles. The SMILES string of the molecule is CC1CNC(C)(c2ccccc2)CN1C(C)CC(F)(F)F. The molecule has 1 fully saturated rings. The smallest absolute Gasteiger partial charge is 0.305 e. The number of hydrogen-bond acceptors (Lipinski definition) is 2. The molecule has 0 bridgehead atoms. The molecular weight excluding hydrogens is 277 g/mol. The van der Waals surface area contributed by atoms with E-state index in [0.29, 0.717) is 13.1 Å². The Morgan fingerprint density at radius 3 is 2.52 bits per heavy atom. The van der Waals surface area contributed by atoms with Gasteiger partial charge < -0.3 is 5.32 Å². The fourth-order valence-electron chi connectivity index (χ4n) is 3.11. The molecule has 1 N–H and O–H groups in total. The monoisotopic (exact) mass is 300 g/mol. The van der Waals surface area contributed by atoms with Crippen LogP contribution in [0.5, 0.6) is 0 Å². The van der Waals surface area contributed by atoms with E-state index in [1.54, 1.807) is 6.92 Å². The van der Waals surface area contributed by atoms with Gasteiger partial charge in [-0.3, -0.25) is 4.90 Å². The van der Waals surface area contributed by atoms with Crippen molar-refractivity contribution >= 4 is 0 Å². The number of rotatable bonds is 3. The van der Waals surface area contributed by atoms with Gasteiger partial charge in [0.05, 0.1) is 12.0 Å². The fraction of sp³-hybridized carbons (Fsp3) is 0.625. The lowest BCUT2D eigenvalue weighted by Crippen LogP contribution is -2.62. The standard InChI is InChI=1S/C16H23F3N2/c1-12(9-16(17,18)19)21-11-15(3,20-10-13(21)2)14-7-5-4-6-8-14/h4-8,12-13,20H,9-11H2,1-3H3. The van der Waals surface area contributed by atoms with Gasteiger partial charge in [0.1, 0.15) is 0 Å². The van der Waals surface area contributed by atoms with Gasteiger partial charge in [-0.2, -0.15) is 13.2 Å². The second-order valence-electron chi connectivity index (χ2n) is 6.27. The first-order chi connectivity index (χ1) is 9.71. The molecule has 3 unspecified atom stereocenters. The summed E-state index contributed by atoms with van der Waals surface area (Å²) in [5.41, 5.74) is 0.800. The summed E-state index contributed by atoms with van der Waals surface area (Å²) in [7, 11) is 0. The van der Waals surface area contributed by atoms with Crippen molar-refractivity contribution < 1.29 is 13.2 Å². The largest absolute Gasteiger partial charge is 0.390 e. The van der Waals surface area contributed by atoms with E-state index < -0.39 is 18.6 Å². The Labute approximate surface area is 124 Å². The molecule has 118 valence electrons. The highest BCUT2D eigenvalue weighted by molar-refractivity contribution is 5.25. The van der Waals surface area contributed by atoms with Crippen molar-refractivity contribution in [3.63, 3.8) is 0 Å². The molecule has 1 aromatic rings. The highest BCUT2D eigenvalue weighted by atomic mass is 19.4. The van der Waals surface area contributed by atoms with Gasteiger partial charge in [0.15, 0.2) is 0 Å². The van der Waals surface area contributed by atoms with E-state index in [4.69, 9.17) is 0 Å². The zero-order chi connectivity index (χ0) is 15.7. The summed E-state index contributed by atoms with van der Waals surface area (Å²) in [6.07, 6.45) is -4.88. The summed E-state index contributed by atoms with van der Waals surface area (Å²) in [6.45, 7) is 6.97. The Morgan fingerprint density at radius 1 is 1.33 bits per heavy atom. The molecule has 0 saturated carbocycles. The van der Waals surface area contributed by atoms with Crippen molar-refractivity contribution in [2.24, 2.45) is 0 Å². The number of halogens is 3. The molecule has 5 heteroatoms. The Morgan fingerprint density at radius 2 is 1.95 bits per heavy atom. The van der Waals surface area contributed by atoms with Crippen molar-refractivity contribution in [3.05, 3.63) is 35.9 Å². The first-order valence-corrected chi connectivity index (χ1v) is 7.34. The maximum absolute atomic E-state index is 12.7. The summed E-state index contributed by atoms with van der Waals surface area (Å²) >= 11 is 0. The highest BCUT2D eigenvalue weighted by Gasteiger charge is 2.40. The minimum absolute atomic E-state index is 0.0964. The van der Waals surface area contributed by atoms with Crippen LogP contribution in [0.4, 0.5) is 13.2 Å². The molecule has 1 saturated heterocycles. The van der Waals surface area contributed by atoms with Gasteiger partial charge in [0.25, 0.3) is 0 Å². The molecule has 21 heavy (non-hydrogen) atoms. The predicted molar refractivity (Wildman–Crippen MR) is 78.1 cm³/mol. The van der Waals surface area contributed by atoms with Gasteiger partial charge in [-0.15, -0.1) is 0 Å². The number of piperazine rings is 1. The molecule has 2 rings (SSSR count). The van der Waals surface area contributed by atoms with Crippen LogP contribution in [0.3, 0.4) is 0 Å². The van der Waals surface area contributed by atoms with Gasteiger partial charge in [-0.25, -0.2) is 0 Å². The van der Waals surface area contributed by atoms with Crippen molar-refractivity contribution in [2.75, 3.05) is 13.1 Å². The average molecular weight is 300 g/mol. The van der Waals surface area contributed by atoms with E-state index in [9.17, 15) is 13.2 Å². The Kier molecular flexibility index (Phi) is 4.63. The molecule has 2 nitrogen and oxygen atoms in total. The number of hydrogen-bond donors (Lipinski definition) is 1. The quantitative estimate of drug-likeness (QED) is 0.918.